The predicted octanol–water partition coefficient (Wildman–Crippen LogP) is 16.0. The highest BCUT2D eigenvalue weighted by molar-refractivity contribution is 5.67. The molecular formula is C52H105NO6. The number of unbranched alkanes of at least 4 members (excludes halogenated alkanes) is 30. The van der Waals surface area contributed by atoms with E-state index in [1.807, 2.05) is 13.8 Å². The van der Waals surface area contributed by atoms with E-state index in [1.54, 1.807) is 7.11 Å². The molecule has 0 saturated heterocycles. The lowest BCUT2D eigenvalue weighted by Gasteiger charge is -2.33. The van der Waals surface area contributed by atoms with Crippen LogP contribution in [-0.2, 0) is 23.7 Å². The van der Waals surface area contributed by atoms with Crippen LogP contribution in [0.5, 0.6) is 0 Å². The number of hydrogen-bond donors (Lipinski definition) is 1. The van der Waals surface area contributed by atoms with Crippen LogP contribution < -0.4 is 5.32 Å². The Morgan fingerprint density at radius 1 is 0.525 bits per heavy atom. The van der Waals surface area contributed by atoms with Gasteiger partial charge in [-0.15, -0.1) is 0 Å². The Morgan fingerprint density at radius 3 is 1.24 bits per heavy atom. The van der Waals surface area contributed by atoms with Crippen molar-refractivity contribution in [2.75, 3.05) is 40.1 Å². The van der Waals surface area contributed by atoms with Crippen LogP contribution in [0.4, 0.5) is 4.79 Å². The van der Waals surface area contributed by atoms with Crippen molar-refractivity contribution < 1.29 is 28.5 Å². The highest BCUT2D eigenvalue weighted by Crippen LogP contribution is 2.23. The number of methoxy groups -OCH3 is 1. The minimum Gasteiger partial charge on any atom is -0.447 e. The van der Waals surface area contributed by atoms with Gasteiger partial charge in [-0.2, -0.15) is 0 Å². The molecule has 1 N–H and O–H groups in total. The fraction of sp³-hybridized carbons (Fsp3) is 0.981. The summed E-state index contributed by atoms with van der Waals surface area (Å²) >= 11 is 0. The highest BCUT2D eigenvalue weighted by atomic mass is 16.6. The number of ether oxygens (including phenoxy) is 5. The molecule has 0 aliphatic carbocycles. The SMILES string of the molecule is CCCCCCCCCCCCCCCCCCOC(C)C(COC(=O)NCCC(C)(CC)OCC(C)(C)OC)OCCCCCCCCCCCCCCCCCC. The van der Waals surface area contributed by atoms with Crippen LogP contribution in [0.25, 0.3) is 0 Å². The fourth-order valence-corrected chi connectivity index (χ4v) is 7.63. The van der Waals surface area contributed by atoms with E-state index in [2.05, 4.69) is 39.9 Å². The lowest BCUT2D eigenvalue weighted by Crippen LogP contribution is -2.40. The Morgan fingerprint density at radius 2 is 0.881 bits per heavy atom. The molecule has 0 aromatic heterocycles. The maximum Gasteiger partial charge on any atom is 0.407 e. The number of rotatable bonds is 47. The van der Waals surface area contributed by atoms with Crippen LogP contribution in [0.3, 0.4) is 0 Å². The third kappa shape index (κ3) is 39.7. The van der Waals surface area contributed by atoms with Crippen LogP contribution >= 0.6 is 0 Å². The quantitative estimate of drug-likeness (QED) is 0.0615. The number of hydrogen-bond acceptors (Lipinski definition) is 6. The van der Waals surface area contributed by atoms with Gasteiger partial charge in [0.2, 0.25) is 0 Å². The Labute approximate surface area is 369 Å². The summed E-state index contributed by atoms with van der Waals surface area (Å²) in [6.45, 7) is 17.4. The number of amides is 1. The van der Waals surface area contributed by atoms with E-state index in [-0.39, 0.29) is 30.0 Å². The van der Waals surface area contributed by atoms with Crippen molar-refractivity contribution in [1.82, 2.24) is 5.32 Å². The molecule has 0 spiro atoms. The van der Waals surface area contributed by atoms with E-state index in [9.17, 15) is 4.79 Å². The Kier molecular flexibility index (Phi) is 41.8. The zero-order valence-corrected chi connectivity index (χ0v) is 41.2. The lowest BCUT2D eigenvalue weighted by molar-refractivity contribution is -0.116. The van der Waals surface area contributed by atoms with Gasteiger partial charge in [-0.05, 0) is 53.4 Å². The first-order valence-electron chi connectivity index (χ1n) is 26.0. The average Bonchev–Trinajstić information content (AvgIpc) is 3.23. The molecule has 0 saturated carbocycles. The summed E-state index contributed by atoms with van der Waals surface area (Å²) in [5.41, 5.74) is -0.703. The first kappa shape index (κ1) is 58.1. The Bertz CT molecular complexity index is 870. The molecular weight excluding hydrogens is 735 g/mol. The summed E-state index contributed by atoms with van der Waals surface area (Å²) in [6, 6.07) is 0. The average molecular weight is 840 g/mol. The van der Waals surface area contributed by atoms with E-state index in [0.717, 1.165) is 25.9 Å². The van der Waals surface area contributed by atoms with Gasteiger partial charge in [0.15, 0.2) is 0 Å². The zero-order valence-electron chi connectivity index (χ0n) is 41.2. The molecule has 0 bridgehead atoms. The number of nitrogens with one attached hydrogen (secondary N) is 1. The van der Waals surface area contributed by atoms with Gasteiger partial charge < -0.3 is 29.0 Å². The minimum absolute atomic E-state index is 0.138. The van der Waals surface area contributed by atoms with Crippen molar-refractivity contribution in [3.8, 4) is 0 Å². The van der Waals surface area contributed by atoms with Crippen LogP contribution in [0, 0.1) is 0 Å². The van der Waals surface area contributed by atoms with Gasteiger partial charge in [0, 0.05) is 26.9 Å². The van der Waals surface area contributed by atoms with E-state index >= 15 is 0 Å². The maximum absolute atomic E-state index is 12.8. The monoisotopic (exact) mass is 840 g/mol. The van der Waals surface area contributed by atoms with E-state index in [1.165, 1.54) is 193 Å². The number of carbonyl (C=O) groups excluding carboxylic acids is 1. The maximum atomic E-state index is 12.8. The van der Waals surface area contributed by atoms with Gasteiger partial charge >= 0.3 is 6.09 Å². The normalized spacial score (nSPS) is 14.0. The third-order valence-electron chi connectivity index (χ3n) is 12.6. The van der Waals surface area contributed by atoms with Crippen LogP contribution in [-0.4, -0.2) is 69.6 Å². The topological polar surface area (TPSA) is 75.3 Å². The summed E-state index contributed by atoms with van der Waals surface area (Å²) in [7, 11) is 1.70. The molecule has 59 heavy (non-hydrogen) atoms. The van der Waals surface area contributed by atoms with Crippen molar-refractivity contribution in [3.63, 3.8) is 0 Å². The molecule has 1 amide bonds. The molecule has 354 valence electrons. The highest BCUT2D eigenvalue weighted by Gasteiger charge is 2.28. The Hall–Kier alpha value is -0.890. The Balaban J connectivity index is 4.41. The van der Waals surface area contributed by atoms with Crippen molar-refractivity contribution >= 4 is 6.09 Å². The molecule has 7 heteroatoms. The molecule has 0 aromatic rings. The van der Waals surface area contributed by atoms with Crippen molar-refractivity contribution in [2.24, 2.45) is 0 Å². The van der Waals surface area contributed by atoms with Gasteiger partial charge in [0.05, 0.1) is 23.9 Å². The second-order valence-electron chi connectivity index (χ2n) is 18.9. The smallest absolute Gasteiger partial charge is 0.407 e. The summed E-state index contributed by atoms with van der Waals surface area (Å²) in [5, 5.41) is 2.94. The number of carbonyl (C=O) groups is 1. The largest absolute Gasteiger partial charge is 0.447 e. The summed E-state index contributed by atoms with van der Waals surface area (Å²) in [6.07, 6.45) is 44.1. The summed E-state index contributed by atoms with van der Waals surface area (Å²) in [5.74, 6) is 0. The molecule has 0 fully saturated rings. The summed E-state index contributed by atoms with van der Waals surface area (Å²) < 4.78 is 30.1. The van der Waals surface area contributed by atoms with Crippen molar-refractivity contribution in [1.29, 1.82) is 0 Å². The van der Waals surface area contributed by atoms with E-state index in [4.69, 9.17) is 23.7 Å². The zero-order chi connectivity index (χ0) is 43.6. The third-order valence-corrected chi connectivity index (χ3v) is 12.6. The van der Waals surface area contributed by atoms with Crippen molar-refractivity contribution in [3.05, 3.63) is 0 Å². The molecule has 0 aromatic carbocycles. The molecule has 3 unspecified atom stereocenters. The van der Waals surface area contributed by atoms with Gasteiger partial charge in [0.1, 0.15) is 12.7 Å². The molecule has 3 atom stereocenters. The summed E-state index contributed by atoms with van der Waals surface area (Å²) in [4.78, 5) is 12.8. The second kappa shape index (κ2) is 42.4. The van der Waals surface area contributed by atoms with Crippen LogP contribution in [0.15, 0.2) is 0 Å². The molecule has 0 radical (unpaired) electrons. The first-order chi connectivity index (χ1) is 28.6. The van der Waals surface area contributed by atoms with Crippen molar-refractivity contribution in [2.45, 2.75) is 290 Å². The molecule has 0 aliphatic rings. The standard InChI is InChI=1S/C52H105NO6/c1-9-12-14-16-18-20-22-24-26-28-30-32-34-36-38-40-44-56-48(4)49(46-58-50(54)53-43-42-52(7,11-3)59-47-51(5,6)55-8)57-45-41-39-37-35-33-31-29-27-25-23-21-19-17-15-13-10-2/h48-49H,9-47H2,1-8H3,(H,53,54). The van der Waals surface area contributed by atoms with E-state index in [0.29, 0.717) is 26.2 Å². The van der Waals surface area contributed by atoms with Gasteiger partial charge in [-0.3, -0.25) is 0 Å². The fourth-order valence-electron chi connectivity index (χ4n) is 7.63. The number of alkyl carbamates (subject to hydrolysis) is 1. The molecule has 0 heterocycles. The molecule has 0 rings (SSSR count). The van der Waals surface area contributed by atoms with Gasteiger partial charge in [-0.25, -0.2) is 4.79 Å². The van der Waals surface area contributed by atoms with Crippen LogP contribution in [0.1, 0.15) is 267 Å². The minimum atomic E-state index is -0.415. The first-order valence-corrected chi connectivity index (χ1v) is 26.0. The predicted molar refractivity (Wildman–Crippen MR) is 254 cm³/mol. The van der Waals surface area contributed by atoms with Gasteiger partial charge in [0.25, 0.3) is 0 Å². The van der Waals surface area contributed by atoms with Gasteiger partial charge in [-0.1, -0.05) is 213 Å². The van der Waals surface area contributed by atoms with Crippen LogP contribution in [0.2, 0.25) is 0 Å². The van der Waals surface area contributed by atoms with E-state index < -0.39 is 6.09 Å². The lowest BCUT2D eigenvalue weighted by atomic mass is 9.98. The molecule has 0 aliphatic heterocycles. The molecule has 7 nitrogen and oxygen atoms in total. The second-order valence-corrected chi connectivity index (χ2v) is 18.9.